The minimum Gasteiger partial charge on any atom is -0.372 e. The van der Waals surface area contributed by atoms with Gasteiger partial charge in [0.15, 0.2) is 0 Å². The molecule has 2 nitrogen and oxygen atoms in total. The summed E-state index contributed by atoms with van der Waals surface area (Å²) >= 11 is 0. The van der Waals surface area contributed by atoms with Crippen LogP contribution in [0.1, 0.15) is 27.7 Å². The summed E-state index contributed by atoms with van der Waals surface area (Å²) in [7, 11) is 0. The van der Waals surface area contributed by atoms with E-state index in [4.69, 9.17) is 0 Å². The number of anilines is 1. The highest BCUT2D eigenvalue weighted by atomic mass is 15.1. The first-order chi connectivity index (χ1) is 7.85. The minimum atomic E-state index is 0. The predicted octanol–water partition coefficient (Wildman–Crippen LogP) is 4.11. The maximum Gasteiger partial charge on any atom is 0.0373 e. The SMILES string of the molecule is C.CCCN(CC)c1ccc2ccncc2c1. The highest BCUT2D eigenvalue weighted by molar-refractivity contribution is 5.84. The highest BCUT2D eigenvalue weighted by Crippen LogP contribution is 2.21. The average Bonchev–Trinajstić information content (AvgIpc) is 2.35. The molecular weight excluding hydrogens is 208 g/mol. The lowest BCUT2D eigenvalue weighted by atomic mass is 10.1. The van der Waals surface area contributed by atoms with E-state index < -0.39 is 0 Å². The van der Waals surface area contributed by atoms with E-state index >= 15 is 0 Å². The fourth-order valence-electron chi connectivity index (χ4n) is 2.01. The van der Waals surface area contributed by atoms with Crippen LogP contribution >= 0.6 is 0 Å². The van der Waals surface area contributed by atoms with E-state index in [2.05, 4.69) is 48.0 Å². The highest BCUT2D eigenvalue weighted by Gasteiger charge is 2.03. The van der Waals surface area contributed by atoms with Crippen molar-refractivity contribution in [3.05, 3.63) is 36.7 Å². The van der Waals surface area contributed by atoms with Crippen LogP contribution in [-0.4, -0.2) is 18.1 Å². The van der Waals surface area contributed by atoms with Gasteiger partial charge in [-0.15, -0.1) is 0 Å². The summed E-state index contributed by atoms with van der Waals surface area (Å²) in [6, 6.07) is 8.64. The monoisotopic (exact) mass is 230 g/mol. The smallest absolute Gasteiger partial charge is 0.0373 e. The predicted molar refractivity (Wildman–Crippen MR) is 76.7 cm³/mol. The summed E-state index contributed by atoms with van der Waals surface area (Å²) in [5.74, 6) is 0. The van der Waals surface area contributed by atoms with Crippen molar-refractivity contribution in [2.45, 2.75) is 27.7 Å². The number of pyridine rings is 1. The Morgan fingerprint density at radius 3 is 2.65 bits per heavy atom. The molecule has 1 aromatic carbocycles. The van der Waals surface area contributed by atoms with Crippen molar-refractivity contribution in [2.24, 2.45) is 0 Å². The quantitative estimate of drug-likeness (QED) is 0.786. The first kappa shape index (κ1) is 13.5. The number of nitrogens with zero attached hydrogens (tertiary/aromatic N) is 2. The Kier molecular flexibility index (Phi) is 4.95. The lowest BCUT2D eigenvalue weighted by molar-refractivity contribution is 0.792. The maximum atomic E-state index is 4.17. The van der Waals surface area contributed by atoms with Crippen molar-refractivity contribution in [3.63, 3.8) is 0 Å². The van der Waals surface area contributed by atoms with Crippen LogP contribution in [0.2, 0.25) is 0 Å². The average molecular weight is 230 g/mol. The number of rotatable bonds is 4. The molecule has 0 bridgehead atoms. The molecule has 2 heteroatoms. The van der Waals surface area contributed by atoms with Gasteiger partial charge in [-0.1, -0.05) is 20.4 Å². The van der Waals surface area contributed by atoms with Gasteiger partial charge in [0, 0.05) is 36.6 Å². The third-order valence-electron chi connectivity index (χ3n) is 2.86. The van der Waals surface area contributed by atoms with E-state index in [0.717, 1.165) is 13.1 Å². The zero-order valence-electron chi connectivity index (χ0n) is 9.98. The van der Waals surface area contributed by atoms with Gasteiger partial charge in [0.2, 0.25) is 0 Å². The molecule has 1 heterocycles. The molecule has 0 aliphatic carbocycles. The van der Waals surface area contributed by atoms with Crippen LogP contribution in [0.5, 0.6) is 0 Å². The summed E-state index contributed by atoms with van der Waals surface area (Å²) in [5, 5.41) is 2.47. The van der Waals surface area contributed by atoms with Gasteiger partial charge in [-0.25, -0.2) is 0 Å². The molecule has 0 saturated heterocycles. The van der Waals surface area contributed by atoms with E-state index in [-0.39, 0.29) is 7.43 Å². The molecule has 0 fully saturated rings. The molecule has 0 saturated carbocycles. The molecule has 0 N–H and O–H groups in total. The van der Waals surface area contributed by atoms with Crippen molar-refractivity contribution in [1.82, 2.24) is 4.98 Å². The first-order valence-electron chi connectivity index (χ1n) is 5.94. The van der Waals surface area contributed by atoms with Gasteiger partial charge < -0.3 is 4.90 Å². The van der Waals surface area contributed by atoms with E-state index in [1.54, 1.807) is 0 Å². The fourth-order valence-corrected chi connectivity index (χ4v) is 2.01. The molecule has 0 aliphatic heterocycles. The molecule has 17 heavy (non-hydrogen) atoms. The summed E-state index contributed by atoms with van der Waals surface area (Å²) in [6.45, 7) is 6.58. The number of fused-ring (bicyclic) bond motifs is 1. The first-order valence-corrected chi connectivity index (χ1v) is 5.94. The van der Waals surface area contributed by atoms with Gasteiger partial charge in [-0.05, 0) is 36.9 Å². The van der Waals surface area contributed by atoms with Crippen molar-refractivity contribution in [1.29, 1.82) is 0 Å². The van der Waals surface area contributed by atoms with Crippen molar-refractivity contribution in [2.75, 3.05) is 18.0 Å². The summed E-state index contributed by atoms with van der Waals surface area (Å²) < 4.78 is 0. The minimum absolute atomic E-state index is 0. The lowest BCUT2D eigenvalue weighted by Crippen LogP contribution is -2.23. The van der Waals surface area contributed by atoms with Gasteiger partial charge in [0.05, 0.1) is 0 Å². The van der Waals surface area contributed by atoms with E-state index in [0.29, 0.717) is 0 Å². The number of aromatic nitrogens is 1. The third-order valence-corrected chi connectivity index (χ3v) is 2.86. The Bertz CT molecular complexity index is 465. The number of hydrogen-bond acceptors (Lipinski definition) is 2. The molecule has 0 amide bonds. The molecule has 0 spiro atoms. The Morgan fingerprint density at radius 1 is 1.12 bits per heavy atom. The summed E-state index contributed by atoms with van der Waals surface area (Å²) in [6.07, 6.45) is 4.95. The van der Waals surface area contributed by atoms with E-state index in [9.17, 15) is 0 Å². The molecule has 0 unspecified atom stereocenters. The zero-order valence-corrected chi connectivity index (χ0v) is 9.98. The largest absolute Gasteiger partial charge is 0.372 e. The van der Waals surface area contributed by atoms with Crippen LogP contribution in [-0.2, 0) is 0 Å². The molecule has 0 atom stereocenters. The molecule has 0 aliphatic rings. The van der Waals surface area contributed by atoms with Crippen LogP contribution in [0, 0.1) is 0 Å². The van der Waals surface area contributed by atoms with Gasteiger partial charge >= 0.3 is 0 Å². The van der Waals surface area contributed by atoms with Gasteiger partial charge in [-0.3, -0.25) is 4.98 Å². The molecule has 2 aromatic rings. The number of benzene rings is 1. The molecule has 2 rings (SSSR count). The Morgan fingerprint density at radius 2 is 1.94 bits per heavy atom. The summed E-state index contributed by atoms with van der Waals surface area (Å²) in [4.78, 5) is 6.56. The Hall–Kier alpha value is -1.57. The second-order valence-corrected chi connectivity index (χ2v) is 3.99. The van der Waals surface area contributed by atoms with E-state index in [1.807, 2.05) is 12.4 Å². The van der Waals surface area contributed by atoms with E-state index in [1.165, 1.54) is 22.9 Å². The second-order valence-electron chi connectivity index (χ2n) is 3.99. The maximum absolute atomic E-state index is 4.17. The van der Waals surface area contributed by atoms with Gasteiger partial charge in [0.1, 0.15) is 0 Å². The molecule has 1 aromatic heterocycles. The standard InChI is InChI=1S/C14H18N2.CH4/c1-3-9-16(4-2)14-6-5-12-7-8-15-11-13(12)10-14;/h5-8,10-11H,3-4,9H2,1-2H3;1H4. The topological polar surface area (TPSA) is 16.1 Å². The lowest BCUT2D eigenvalue weighted by Gasteiger charge is -2.22. The fraction of sp³-hybridized carbons (Fsp3) is 0.400. The van der Waals surface area contributed by atoms with Crippen LogP contribution in [0.4, 0.5) is 5.69 Å². The third kappa shape index (κ3) is 2.96. The van der Waals surface area contributed by atoms with Crippen molar-refractivity contribution < 1.29 is 0 Å². The molecule has 0 radical (unpaired) electrons. The second kappa shape index (κ2) is 6.24. The Labute approximate surface area is 104 Å². The van der Waals surface area contributed by atoms with Crippen LogP contribution in [0.3, 0.4) is 0 Å². The van der Waals surface area contributed by atoms with Crippen LogP contribution in [0.15, 0.2) is 36.7 Å². The van der Waals surface area contributed by atoms with Crippen molar-refractivity contribution >= 4 is 16.5 Å². The van der Waals surface area contributed by atoms with Crippen LogP contribution in [0.25, 0.3) is 10.8 Å². The zero-order chi connectivity index (χ0) is 11.4. The molecular formula is C15H22N2. The number of hydrogen-bond donors (Lipinski definition) is 0. The van der Waals surface area contributed by atoms with Crippen LogP contribution < -0.4 is 4.90 Å². The van der Waals surface area contributed by atoms with Gasteiger partial charge in [-0.2, -0.15) is 0 Å². The Balaban J connectivity index is 0.00000144. The summed E-state index contributed by atoms with van der Waals surface area (Å²) in [5.41, 5.74) is 1.30. The van der Waals surface area contributed by atoms with Gasteiger partial charge in [0.25, 0.3) is 0 Å². The van der Waals surface area contributed by atoms with Crippen molar-refractivity contribution in [3.8, 4) is 0 Å². The molecule has 92 valence electrons. The normalized spacial score (nSPS) is 10.0.